The zero-order valence-electron chi connectivity index (χ0n) is 13.4. The van der Waals surface area contributed by atoms with Gasteiger partial charge in [0.15, 0.2) is 0 Å². The highest BCUT2D eigenvalue weighted by Gasteiger charge is 2.33. The summed E-state index contributed by atoms with van der Waals surface area (Å²) in [6.45, 7) is 8.27. The SMILES string of the molecule is CC(C)N1C(N)=NC(N)=NC1N(c1cccc(Cl)c1)C(C)C. The molecule has 0 saturated carbocycles. The number of halogens is 1. The third-order valence-electron chi connectivity index (χ3n) is 3.46. The fourth-order valence-electron chi connectivity index (χ4n) is 2.57. The van der Waals surface area contributed by atoms with Crippen LogP contribution in [0.25, 0.3) is 0 Å². The van der Waals surface area contributed by atoms with Gasteiger partial charge in [-0.05, 0) is 45.9 Å². The van der Waals surface area contributed by atoms with E-state index in [1.165, 1.54) is 0 Å². The van der Waals surface area contributed by atoms with E-state index in [0.29, 0.717) is 11.0 Å². The molecule has 1 aromatic carbocycles. The highest BCUT2D eigenvalue weighted by molar-refractivity contribution is 6.30. The number of aliphatic imine (C=N–C) groups is 2. The summed E-state index contributed by atoms with van der Waals surface area (Å²) in [6.07, 6.45) is -0.351. The van der Waals surface area contributed by atoms with Crippen molar-refractivity contribution in [3.05, 3.63) is 29.3 Å². The molecule has 4 N–H and O–H groups in total. The largest absolute Gasteiger partial charge is 0.369 e. The predicted octanol–water partition coefficient (Wildman–Crippen LogP) is 2.19. The Labute approximate surface area is 136 Å². The molecule has 2 rings (SSSR count). The number of nitrogens with zero attached hydrogens (tertiary/aromatic N) is 4. The minimum atomic E-state index is -0.351. The first kappa shape index (κ1) is 16.4. The number of benzene rings is 1. The van der Waals surface area contributed by atoms with Crippen LogP contribution in [0.4, 0.5) is 5.69 Å². The van der Waals surface area contributed by atoms with Gasteiger partial charge in [0.25, 0.3) is 0 Å². The van der Waals surface area contributed by atoms with Gasteiger partial charge < -0.3 is 21.3 Å². The third kappa shape index (κ3) is 3.27. The molecule has 0 saturated heterocycles. The Balaban J connectivity index is 2.49. The molecule has 1 atom stereocenters. The van der Waals surface area contributed by atoms with Crippen LogP contribution in [-0.4, -0.2) is 35.2 Å². The van der Waals surface area contributed by atoms with Gasteiger partial charge in [0.05, 0.1) is 0 Å². The summed E-state index contributed by atoms with van der Waals surface area (Å²) in [7, 11) is 0. The molecule has 0 aliphatic carbocycles. The number of anilines is 1. The van der Waals surface area contributed by atoms with E-state index in [0.717, 1.165) is 5.69 Å². The Morgan fingerprint density at radius 1 is 1.23 bits per heavy atom. The molecule has 1 aliphatic heterocycles. The van der Waals surface area contributed by atoms with Crippen LogP contribution in [0.15, 0.2) is 34.3 Å². The van der Waals surface area contributed by atoms with Crippen LogP contribution in [-0.2, 0) is 0 Å². The van der Waals surface area contributed by atoms with E-state index in [4.69, 9.17) is 23.1 Å². The lowest BCUT2D eigenvalue weighted by Gasteiger charge is -2.44. The smallest absolute Gasteiger partial charge is 0.222 e. The maximum atomic E-state index is 6.14. The molecule has 0 aromatic heterocycles. The summed E-state index contributed by atoms with van der Waals surface area (Å²) in [5, 5.41) is 0.675. The zero-order valence-corrected chi connectivity index (χ0v) is 14.1. The summed E-state index contributed by atoms with van der Waals surface area (Å²) in [6, 6.07) is 7.97. The van der Waals surface area contributed by atoms with E-state index in [2.05, 4.69) is 28.7 Å². The van der Waals surface area contributed by atoms with Crippen molar-refractivity contribution in [1.29, 1.82) is 0 Å². The summed E-state index contributed by atoms with van der Waals surface area (Å²) < 4.78 is 0. The first-order chi connectivity index (χ1) is 10.3. The van der Waals surface area contributed by atoms with Crippen LogP contribution in [0.5, 0.6) is 0 Å². The Morgan fingerprint density at radius 2 is 1.91 bits per heavy atom. The highest BCUT2D eigenvalue weighted by atomic mass is 35.5. The van der Waals surface area contributed by atoms with Crippen LogP contribution < -0.4 is 16.4 Å². The van der Waals surface area contributed by atoms with Crippen LogP contribution >= 0.6 is 11.6 Å². The lowest BCUT2D eigenvalue weighted by atomic mass is 10.2. The standard InChI is InChI=1S/C15H23ClN6/c1-9(2)21(12-7-5-6-11(16)8-12)15-20-13(17)19-14(18)22(15)10(3)4/h5-10,15H,1-4H3,(H4,17,18,19,20). The van der Waals surface area contributed by atoms with Gasteiger partial charge >= 0.3 is 0 Å². The predicted molar refractivity (Wildman–Crippen MR) is 93.1 cm³/mol. The molecule has 1 heterocycles. The maximum absolute atomic E-state index is 6.14. The fourth-order valence-corrected chi connectivity index (χ4v) is 2.75. The van der Waals surface area contributed by atoms with Crippen molar-refractivity contribution in [2.75, 3.05) is 4.90 Å². The molecular weight excluding hydrogens is 300 g/mol. The van der Waals surface area contributed by atoms with Gasteiger partial charge in [-0.3, -0.25) is 0 Å². The summed E-state index contributed by atoms with van der Waals surface area (Å²) in [4.78, 5) is 12.6. The quantitative estimate of drug-likeness (QED) is 0.890. The number of guanidine groups is 2. The van der Waals surface area contributed by atoms with Crippen LogP contribution in [0, 0.1) is 0 Å². The normalized spacial score (nSPS) is 18.5. The third-order valence-corrected chi connectivity index (χ3v) is 3.69. The second-order valence-electron chi connectivity index (χ2n) is 5.79. The van der Waals surface area contributed by atoms with E-state index >= 15 is 0 Å². The molecule has 120 valence electrons. The van der Waals surface area contributed by atoms with Crippen molar-refractivity contribution >= 4 is 29.2 Å². The monoisotopic (exact) mass is 322 g/mol. The second-order valence-corrected chi connectivity index (χ2v) is 6.22. The van der Waals surface area contributed by atoms with Crippen LogP contribution in [0.1, 0.15) is 27.7 Å². The lowest BCUT2D eigenvalue weighted by molar-refractivity contribution is 0.243. The average Bonchev–Trinajstić information content (AvgIpc) is 2.36. The summed E-state index contributed by atoms with van der Waals surface area (Å²) >= 11 is 6.14. The van der Waals surface area contributed by atoms with Crippen molar-refractivity contribution < 1.29 is 0 Å². The maximum Gasteiger partial charge on any atom is 0.222 e. The van der Waals surface area contributed by atoms with Gasteiger partial charge in [-0.15, -0.1) is 0 Å². The molecule has 1 aliphatic rings. The fraction of sp³-hybridized carbons (Fsp3) is 0.467. The van der Waals surface area contributed by atoms with E-state index in [1.54, 1.807) is 0 Å². The number of hydrogen-bond donors (Lipinski definition) is 2. The molecule has 0 fully saturated rings. The van der Waals surface area contributed by atoms with Crippen LogP contribution in [0.3, 0.4) is 0 Å². The Morgan fingerprint density at radius 3 is 2.45 bits per heavy atom. The van der Waals surface area contributed by atoms with Crippen molar-refractivity contribution in [2.24, 2.45) is 21.5 Å². The zero-order chi connectivity index (χ0) is 16.4. The minimum Gasteiger partial charge on any atom is -0.369 e. The summed E-state index contributed by atoms with van der Waals surface area (Å²) in [5.41, 5.74) is 12.9. The summed E-state index contributed by atoms with van der Waals surface area (Å²) in [5.74, 6) is 0.562. The number of nitrogens with two attached hydrogens (primary N) is 2. The van der Waals surface area contributed by atoms with Crippen molar-refractivity contribution in [1.82, 2.24) is 4.90 Å². The Hall–Kier alpha value is -1.95. The lowest BCUT2D eigenvalue weighted by Crippen LogP contribution is -2.59. The molecule has 22 heavy (non-hydrogen) atoms. The molecule has 1 unspecified atom stereocenters. The van der Waals surface area contributed by atoms with Crippen molar-refractivity contribution in [3.63, 3.8) is 0 Å². The van der Waals surface area contributed by atoms with Crippen molar-refractivity contribution in [2.45, 2.75) is 46.1 Å². The molecule has 1 aromatic rings. The van der Waals surface area contributed by atoms with Gasteiger partial charge in [-0.1, -0.05) is 17.7 Å². The van der Waals surface area contributed by atoms with Gasteiger partial charge in [0, 0.05) is 22.8 Å². The topological polar surface area (TPSA) is 83.2 Å². The number of rotatable bonds is 4. The molecule has 0 radical (unpaired) electrons. The van der Waals surface area contributed by atoms with Gasteiger partial charge in [0.1, 0.15) is 0 Å². The van der Waals surface area contributed by atoms with E-state index in [1.807, 2.05) is 43.0 Å². The first-order valence-electron chi connectivity index (χ1n) is 7.31. The molecule has 0 amide bonds. The van der Waals surface area contributed by atoms with E-state index < -0.39 is 0 Å². The number of hydrogen-bond acceptors (Lipinski definition) is 6. The average molecular weight is 323 g/mol. The van der Waals surface area contributed by atoms with Crippen LogP contribution in [0.2, 0.25) is 5.02 Å². The highest BCUT2D eigenvalue weighted by Crippen LogP contribution is 2.27. The minimum absolute atomic E-state index is 0.131. The molecule has 6 nitrogen and oxygen atoms in total. The van der Waals surface area contributed by atoms with E-state index in [-0.39, 0.29) is 24.3 Å². The molecule has 0 spiro atoms. The molecule has 7 heteroatoms. The Bertz CT molecular complexity index is 595. The Kier molecular flexibility index (Phi) is 4.81. The van der Waals surface area contributed by atoms with Gasteiger partial charge in [0.2, 0.25) is 18.2 Å². The van der Waals surface area contributed by atoms with Crippen molar-refractivity contribution in [3.8, 4) is 0 Å². The van der Waals surface area contributed by atoms with E-state index in [9.17, 15) is 0 Å². The van der Waals surface area contributed by atoms with Gasteiger partial charge in [-0.25, -0.2) is 4.99 Å². The van der Waals surface area contributed by atoms with Gasteiger partial charge in [-0.2, -0.15) is 4.99 Å². The molecule has 0 bridgehead atoms. The molecular formula is C15H23ClN6. The first-order valence-corrected chi connectivity index (χ1v) is 7.68. The second kappa shape index (κ2) is 6.44.